The van der Waals surface area contributed by atoms with Crippen molar-refractivity contribution in [3.63, 3.8) is 0 Å². The van der Waals surface area contributed by atoms with Crippen LogP contribution in [0.3, 0.4) is 0 Å². The van der Waals surface area contributed by atoms with Crippen LogP contribution in [0.4, 0.5) is 13.2 Å². The summed E-state index contributed by atoms with van der Waals surface area (Å²) >= 11 is 0. The molecule has 0 aromatic heterocycles. The number of carbonyl (C=O) groups is 1. The Balaban J connectivity index is 2.37. The first kappa shape index (κ1) is 14.3. The molecule has 0 atom stereocenters. The van der Waals surface area contributed by atoms with Gasteiger partial charge >= 0.3 is 6.18 Å². The number of halogens is 3. The SMILES string of the molecule is Cc1ccc(C)c(C(=O)c2ccc(C(F)(F)F)cc2)c1. The van der Waals surface area contributed by atoms with Crippen molar-refractivity contribution in [2.45, 2.75) is 20.0 Å². The summed E-state index contributed by atoms with van der Waals surface area (Å²) < 4.78 is 37.4. The van der Waals surface area contributed by atoms with Crippen molar-refractivity contribution in [3.8, 4) is 0 Å². The molecule has 1 nitrogen and oxygen atoms in total. The van der Waals surface area contributed by atoms with Crippen molar-refractivity contribution in [2.24, 2.45) is 0 Å². The summed E-state index contributed by atoms with van der Waals surface area (Å²) in [4.78, 5) is 12.3. The molecule has 0 aliphatic carbocycles. The van der Waals surface area contributed by atoms with Crippen LogP contribution in [-0.2, 0) is 6.18 Å². The molecule has 0 heterocycles. The van der Waals surface area contributed by atoms with Gasteiger partial charge in [-0.3, -0.25) is 4.79 Å². The molecule has 0 saturated carbocycles. The Morgan fingerprint density at radius 2 is 1.55 bits per heavy atom. The van der Waals surface area contributed by atoms with E-state index in [2.05, 4.69) is 0 Å². The van der Waals surface area contributed by atoms with E-state index in [4.69, 9.17) is 0 Å². The zero-order chi connectivity index (χ0) is 14.9. The molecular weight excluding hydrogens is 265 g/mol. The Morgan fingerprint density at radius 3 is 2.10 bits per heavy atom. The largest absolute Gasteiger partial charge is 0.416 e. The first-order valence-corrected chi connectivity index (χ1v) is 6.08. The van der Waals surface area contributed by atoms with Gasteiger partial charge in [-0.25, -0.2) is 0 Å². The molecule has 0 amide bonds. The molecule has 0 N–H and O–H groups in total. The molecule has 0 bridgehead atoms. The van der Waals surface area contributed by atoms with Crippen LogP contribution in [-0.4, -0.2) is 5.78 Å². The number of ketones is 1. The van der Waals surface area contributed by atoms with Gasteiger partial charge < -0.3 is 0 Å². The fraction of sp³-hybridized carbons (Fsp3) is 0.188. The van der Waals surface area contributed by atoms with E-state index in [-0.39, 0.29) is 11.3 Å². The molecule has 0 fully saturated rings. The lowest BCUT2D eigenvalue weighted by atomic mass is 9.97. The summed E-state index contributed by atoms with van der Waals surface area (Å²) in [6, 6.07) is 9.75. The zero-order valence-corrected chi connectivity index (χ0v) is 11.1. The highest BCUT2D eigenvalue weighted by molar-refractivity contribution is 6.10. The van der Waals surface area contributed by atoms with Gasteiger partial charge in [0.1, 0.15) is 0 Å². The Morgan fingerprint density at radius 1 is 0.950 bits per heavy atom. The van der Waals surface area contributed by atoms with E-state index in [0.717, 1.165) is 23.3 Å². The van der Waals surface area contributed by atoms with Crippen LogP contribution in [0.5, 0.6) is 0 Å². The van der Waals surface area contributed by atoms with E-state index in [1.165, 1.54) is 12.1 Å². The molecule has 20 heavy (non-hydrogen) atoms. The molecule has 2 aromatic carbocycles. The van der Waals surface area contributed by atoms with Crippen molar-refractivity contribution < 1.29 is 18.0 Å². The second kappa shape index (κ2) is 5.12. The third-order valence-electron chi connectivity index (χ3n) is 3.11. The lowest BCUT2D eigenvalue weighted by Crippen LogP contribution is -2.07. The van der Waals surface area contributed by atoms with Gasteiger partial charge in [-0.05, 0) is 37.6 Å². The number of carbonyl (C=O) groups excluding carboxylic acids is 1. The Bertz CT molecular complexity index is 640. The third kappa shape index (κ3) is 2.90. The first-order chi connectivity index (χ1) is 9.29. The van der Waals surface area contributed by atoms with Gasteiger partial charge in [0.05, 0.1) is 5.56 Å². The average molecular weight is 278 g/mol. The van der Waals surface area contributed by atoms with Crippen molar-refractivity contribution in [3.05, 3.63) is 70.3 Å². The molecule has 0 spiro atoms. The lowest BCUT2D eigenvalue weighted by molar-refractivity contribution is -0.137. The molecule has 2 aromatic rings. The van der Waals surface area contributed by atoms with Gasteiger partial charge in [-0.1, -0.05) is 29.8 Å². The molecule has 0 unspecified atom stereocenters. The summed E-state index contributed by atoms with van der Waals surface area (Å²) in [5, 5.41) is 0. The zero-order valence-electron chi connectivity index (χ0n) is 11.1. The highest BCUT2D eigenvalue weighted by Gasteiger charge is 2.30. The van der Waals surface area contributed by atoms with Crippen LogP contribution >= 0.6 is 0 Å². The van der Waals surface area contributed by atoms with E-state index in [9.17, 15) is 18.0 Å². The topological polar surface area (TPSA) is 17.1 Å². The van der Waals surface area contributed by atoms with Gasteiger partial charge in [0, 0.05) is 11.1 Å². The summed E-state index contributed by atoms with van der Waals surface area (Å²) in [5.41, 5.74) is 1.76. The molecule has 0 aliphatic rings. The highest BCUT2D eigenvalue weighted by Crippen LogP contribution is 2.29. The minimum Gasteiger partial charge on any atom is -0.289 e. The van der Waals surface area contributed by atoms with Crippen LogP contribution in [0.1, 0.15) is 32.6 Å². The number of hydrogen-bond donors (Lipinski definition) is 0. The quantitative estimate of drug-likeness (QED) is 0.736. The number of hydrogen-bond acceptors (Lipinski definition) is 1. The summed E-state index contributed by atoms with van der Waals surface area (Å²) in [6.45, 7) is 3.67. The number of aryl methyl sites for hydroxylation is 2. The minimum absolute atomic E-state index is 0.256. The normalized spacial score (nSPS) is 11.4. The van der Waals surface area contributed by atoms with E-state index in [1.807, 2.05) is 19.1 Å². The fourth-order valence-corrected chi connectivity index (χ4v) is 1.95. The second-order valence-corrected chi connectivity index (χ2v) is 4.72. The maximum Gasteiger partial charge on any atom is 0.416 e. The number of rotatable bonds is 2. The molecular formula is C16H13F3O. The number of alkyl halides is 3. The first-order valence-electron chi connectivity index (χ1n) is 6.08. The van der Waals surface area contributed by atoms with Crippen molar-refractivity contribution >= 4 is 5.78 Å². The Kier molecular flexibility index (Phi) is 3.66. The summed E-state index contributed by atoms with van der Waals surface area (Å²) in [7, 11) is 0. The third-order valence-corrected chi connectivity index (χ3v) is 3.11. The Hall–Kier alpha value is -2.10. The molecule has 2 rings (SSSR count). The van der Waals surface area contributed by atoms with Gasteiger partial charge in [0.25, 0.3) is 0 Å². The molecule has 4 heteroatoms. The molecule has 0 radical (unpaired) electrons. The van der Waals surface area contributed by atoms with Gasteiger partial charge in [0.2, 0.25) is 0 Å². The predicted octanol–water partition coefficient (Wildman–Crippen LogP) is 4.55. The molecule has 0 saturated heterocycles. The maximum atomic E-state index is 12.5. The number of benzene rings is 2. The lowest BCUT2D eigenvalue weighted by Gasteiger charge is -2.09. The predicted molar refractivity (Wildman–Crippen MR) is 70.8 cm³/mol. The fourth-order valence-electron chi connectivity index (χ4n) is 1.95. The smallest absolute Gasteiger partial charge is 0.289 e. The molecule has 0 aliphatic heterocycles. The van der Waals surface area contributed by atoms with Crippen LogP contribution < -0.4 is 0 Å². The van der Waals surface area contributed by atoms with Crippen LogP contribution in [0.25, 0.3) is 0 Å². The monoisotopic (exact) mass is 278 g/mol. The summed E-state index contributed by atoms with van der Waals surface area (Å²) in [6.07, 6.45) is -4.39. The van der Waals surface area contributed by atoms with Gasteiger partial charge in [0.15, 0.2) is 5.78 Å². The average Bonchev–Trinajstić information content (AvgIpc) is 2.40. The minimum atomic E-state index is -4.39. The van der Waals surface area contributed by atoms with Gasteiger partial charge in [-0.2, -0.15) is 13.2 Å². The molecule has 104 valence electrons. The van der Waals surface area contributed by atoms with E-state index in [0.29, 0.717) is 5.56 Å². The standard InChI is InChI=1S/C16H13F3O/c1-10-3-4-11(2)14(9-10)15(20)12-5-7-13(8-6-12)16(17,18)19/h3-9H,1-2H3. The Labute approximate surface area is 115 Å². The highest BCUT2D eigenvalue weighted by atomic mass is 19.4. The van der Waals surface area contributed by atoms with Crippen LogP contribution in [0.2, 0.25) is 0 Å². The maximum absolute atomic E-state index is 12.5. The van der Waals surface area contributed by atoms with E-state index < -0.39 is 11.7 Å². The van der Waals surface area contributed by atoms with Crippen molar-refractivity contribution in [1.82, 2.24) is 0 Å². The van der Waals surface area contributed by atoms with Crippen LogP contribution in [0.15, 0.2) is 42.5 Å². The van der Waals surface area contributed by atoms with E-state index in [1.54, 1.807) is 13.0 Å². The van der Waals surface area contributed by atoms with Crippen molar-refractivity contribution in [1.29, 1.82) is 0 Å². The van der Waals surface area contributed by atoms with Crippen LogP contribution in [0, 0.1) is 13.8 Å². The summed E-state index contributed by atoms with van der Waals surface area (Å²) in [5.74, 6) is -0.264. The van der Waals surface area contributed by atoms with Crippen molar-refractivity contribution in [2.75, 3.05) is 0 Å². The second-order valence-electron chi connectivity index (χ2n) is 4.72. The van der Waals surface area contributed by atoms with E-state index >= 15 is 0 Å². The van der Waals surface area contributed by atoms with Gasteiger partial charge in [-0.15, -0.1) is 0 Å².